The van der Waals surface area contributed by atoms with Crippen LogP contribution < -0.4 is 10.6 Å². The van der Waals surface area contributed by atoms with Crippen molar-refractivity contribution in [2.24, 2.45) is 7.05 Å². The Balaban J connectivity index is 1.61. The molecule has 0 saturated carbocycles. The number of carbonyl (C=O) groups is 2. The zero-order chi connectivity index (χ0) is 24.8. The molecular weight excluding hydrogens is 442 g/mol. The summed E-state index contributed by atoms with van der Waals surface area (Å²) in [5, 5.41) is 6.00. The van der Waals surface area contributed by atoms with Crippen LogP contribution in [0.3, 0.4) is 0 Å². The highest BCUT2D eigenvalue weighted by atomic mass is 16.5. The van der Waals surface area contributed by atoms with Crippen molar-refractivity contribution in [1.82, 2.24) is 19.9 Å². The molecule has 4 rings (SSSR count). The lowest BCUT2D eigenvalue weighted by Crippen LogP contribution is -2.34. The third kappa shape index (κ3) is 5.91. The standard InChI is InChI=1S/C27H29N5O3/c1-18(12-20-10-7-11-28-16-20)29-27(34)22-14-21(30-25(33)13-19-8-5-4-6-9-19)15-23-26(22)32(2)24(31-23)17-35-3/h4-11,14-16,18H,12-13,17H2,1-3H3,(H,29,34)(H,30,33)/t18-/m0/s1. The Labute approximate surface area is 204 Å². The Bertz CT molecular complexity index is 1320. The van der Waals surface area contributed by atoms with Gasteiger partial charge in [-0.15, -0.1) is 0 Å². The molecule has 0 bridgehead atoms. The Morgan fingerprint density at radius 1 is 1.09 bits per heavy atom. The largest absolute Gasteiger partial charge is 0.377 e. The number of rotatable bonds is 9. The molecule has 0 aliphatic heterocycles. The quantitative estimate of drug-likeness (QED) is 0.388. The summed E-state index contributed by atoms with van der Waals surface area (Å²) in [7, 11) is 3.45. The molecule has 8 heteroatoms. The molecule has 0 unspecified atom stereocenters. The van der Waals surface area contributed by atoms with Gasteiger partial charge in [-0.1, -0.05) is 36.4 Å². The van der Waals surface area contributed by atoms with Crippen molar-refractivity contribution in [2.75, 3.05) is 12.4 Å². The van der Waals surface area contributed by atoms with E-state index in [4.69, 9.17) is 4.74 Å². The van der Waals surface area contributed by atoms with Crippen LogP contribution in [-0.4, -0.2) is 39.5 Å². The van der Waals surface area contributed by atoms with Crippen LogP contribution in [0.2, 0.25) is 0 Å². The number of carbonyl (C=O) groups excluding carboxylic acids is 2. The first kappa shape index (κ1) is 24.1. The molecule has 0 radical (unpaired) electrons. The number of nitrogens with one attached hydrogen (secondary N) is 2. The van der Waals surface area contributed by atoms with E-state index >= 15 is 0 Å². The van der Waals surface area contributed by atoms with Gasteiger partial charge < -0.3 is 19.9 Å². The van der Waals surface area contributed by atoms with Crippen LogP contribution in [0, 0.1) is 0 Å². The van der Waals surface area contributed by atoms with Gasteiger partial charge in [0, 0.05) is 38.3 Å². The summed E-state index contributed by atoms with van der Waals surface area (Å²) in [6, 6.07) is 16.7. The molecule has 180 valence electrons. The van der Waals surface area contributed by atoms with E-state index in [9.17, 15) is 9.59 Å². The van der Waals surface area contributed by atoms with Gasteiger partial charge in [0.15, 0.2) is 0 Å². The Kier molecular flexibility index (Phi) is 7.52. The maximum Gasteiger partial charge on any atom is 0.253 e. The molecule has 2 aromatic heterocycles. The van der Waals surface area contributed by atoms with Gasteiger partial charge in [-0.3, -0.25) is 14.6 Å². The molecule has 4 aromatic rings. The molecule has 0 fully saturated rings. The molecule has 2 N–H and O–H groups in total. The third-order valence-electron chi connectivity index (χ3n) is 5.71. The summed E-state index contributed by atoms with van der Waals surface area (Å²) < 4.78 is 7.13. The highest BCUT2D eigenvalue weighted by Crippen LogP contribution is 2.25. The van der Waals surface area contributed by atoms with Gasteiger partial charge >= 0.3 is 0 Å². The summed E-state index contributed by atoms with van der Waals surface area (Å²) >= 11 is 0. The second-order valence-corrected chi connectivity index (χ2v) is 8.56. The fraction of sp³-hybridized carbons (Fsp3) is 0.259. The minimum absolute atomic E-state index is 0.121. The summed E-state index contributed by atoms with van der Waals surface area (Å²) in [5.74, 6) is 0.283. The Morgan fingerprint density at radius 2 is 1.86 bits per heavy atom. The smallest absolute Gasteiger partial charge is 0.253 e. The van der Waals surface area contributed by atoms with Crippen LogP contribution in [0.1, 0.15) is 34.2 Å². The van der Waals surface area contributed by atoms with Crippen molar-refractivity contribution in [1.29, 1.82) is 0 Å². The maximum absolute atomic E-state index is 13.4. The van der Waals surface area contributed by atoms with Crippen LogP contribution in [-0.2, 0) is 36.0 Å². The number of hydrogen-bond acceptors (Lipinski definition) is 5. The normalized spacial score (nSPS) is 11.9. The van der Waals surface area contributed by atoms with Crippen LogP contribution in [0.15, 0.2) is 67.0 Å². The lowest BCUT2D eigenvalue weighted by molar-refractivity contribution is -0.115. The average Bonchev–Trinajstić information content (AvgIpc) is 3.15. The second kappa shape index (κ2) is 10.9. The first-order chi connectivity index (χ1) is 16.9. The second-order valence-electron chi connectivity index (χ2n) is 8.56. The summed E-state index contributed by atoms with van der Waals surface area (Å²) in [5.41, 5.74) is 4.20. The van der Waals surface area contributed by atoms with Gasteiger partial charge in [-0.05, 0) is 42.7 Å². The highest BCUT2D eigenvalue weighted by Gasteiger charge is 2.20. The molecule has 2 aromatic carbocycles. The number of nitrogens with zero attached hydrogens (tertiary/aromatic N) is 3. The van der Waals surface area contributed by atoms with Gasteiger partial charge in [-0.25, -0.2) is 4.98 Å². The number of imidazole rings is 1. The lowest BCUT2D eigenvalue weighted by Gasteiger charge is -2.16. The average molecular weight is 472 g/mol. The molecule has 35 heavy (non-hydrogen) atoms. The van der Waals surface area contributed by atoms with E-state index in [0.717, 1.165) is 11.1 Å². The van der Waals surface area contributed by atoms with Gasteiger partial charge in [0.1, 0.15) is 12.4 Å². The van der Waals surface area contributed by atoms with E-state index in [1.807, 2.05) is 61.0 Å². The number of fused-ring (bicyclic) bond motifs is 1. The first-order valence-electron chi connectivity index (χ1n) is 11.5. The fourth-order valence-electron chi connectivity index (χ4n) is 4.11. The highest BCUT2D eigenvalue weighted by molar-refractivity contribution is 6.08. The number of benzene rings is 2. The molecule has 2 amide bonds. The van der Waals surface area contributed by atoms with Crippen LogP contribution in [0.4, 0.5) is 5.69 Å². The number of anilines is 1. The monoisotopic (exact) mass is 471 g/mol. The van der Waals surface area contributed by atoms with Crippen molar-refractivity contribution in [3.8, 4) is 0 Å². The lowest BCUT2D eigenvalue weighted by atomic mass is 10.1. The number of ether oxygens (including phenoxy) is 1. The van der Waals surface area contributed by atoms with Gasteiger partial charge in [0.25, 0.3) is 5.91 Å². The Hall–Kier alpha value is -4.04. The minimum atomic E-state index is -0.238. The van der Waals surface area contributed by atoms with Gasteiger partial charge in [0.05, 0.1) is 23.0 Å². The predicted octanol–water partition coefficient (Wildman–Crippen LogP) is 3.66. The molecule has 8 nitrogen and oxygen atoms in total. The molecule has 0 aliphatic rings. The zero-order valence-corrected chi connectivity index (χ0v) is 20.1. The van der Waals surface area contributed by atoms with Crippen molar-refractivity contribution in [2.45, 2.75) is 32.4 Å². The van der Waals surface area contributed by atoms with E-state index in [1.165, 1.54) is 0 Å². The Morgan fingerprint density at radius 3 is 2.57 bits per heavy atom. The zero-order valence-electron chi connectivity index (χ0n) is 20.1. The summed E-state index contributed by atoms with van der Waals surface area (Å²) in [6.45, 7) is 2.26. The van der Waals surface area contributed by atoms with E-state index < -0.39 is 0 Å². The topological polar surface area (TPSA) is 98.1 Å². The SMILES string of the molecule is COCc1nc2cc(NC(=O)Cc3ccccc3)cc(C(=O)N[C@@H](C)Cc3cccnc3)c2n1C. The molecule has 0 spiro atoms. The molecular formula is C27H29N5O3. The minimum Gasteiger partial charge on any atom is -0.377 e. The van der Waals surface area contributed by atoms with E-state index in [-0.39, 0.29) is 24.3 Å². The first-order valence-corrected chi connectivity index (χ1v) is 11.5. The van der Waals surface area contributed by atoms with Crippen molar-refractivity contribution in [3.05, 3.63) is 89.5 Å². The maximum atomic E-state index is 13.4. The van der Waals surface area contributed by atoms with Crippen LogP contribution in [0.5, 0.6) is 0 Å². The van der Waals surface area contributed by atoms with E-state index in [1.54, 1.807) is 31.6 Å². The number of aryl methyl sites for hydroxylation is 1. The summed E-state index contributed by atoms with van der Waals surface area (Å²) in [4.78, 5) is 34.9. The van der Waals surface area contributed by atoms with Crippen LogP contribution in [0.25, 0.3) is 11.0 Å². The number of pyridine rings is 1. The summed E-state index contributed by atoms with van der Waals surface area (Å²) in [6.07, 6.45) is 4.40. The van der Waals surface area contributed by atoms with Gasteiger partial charge in [0.2, 0.25) is 5.91 Å². The number of methoxy groups -OCH3 is 1. The van der Waals surface area contributed by atoms with E-state index in [2.05, 4.69) is 20.6 Å². The number of amides is 2. The predicted molar refractivity (Wildman–Crippen MR) is 135 cm³/mol. The fourth-order valence-corrected chi connectivity index (χ4v) is 4.11. The van der Waals surface area contributed by atoms with E-state index in [0.29, 0.717) is 41.1 Å². The van der Waals surface area contributed by atoms with Crippen molar-refractivity contribution >= 4 is 28.5 Å². The molecule has 0 aliphatic carbocycles. The van der Waals surface area contributed by atoms with Gasteiger partial charge in [-0.2, -0.15) is 0 Å². The molecule has 2 heterocycles. The number of hydrogen-bond donors (Lipinski definition) is 2. The number of aromatic nitrogens is 3. The van der Waals surface area contributed by atoms with Crippen LogP contribution >= 0.6 is 0 Å². The molecule has 0 saturated heterocycles. The molecule has 1 atom stereocenters. The van der Waals surface area contributed by atoms with Crippen molar-refractivity contribution < 1.29 is 14.3 Å². The third-order valence-corrected chi connectivity index (χ3v) is 5.71. The van der Waals surface area contributed by atoms with Crippen molar-refractivity contribution in [3.63, 3.8) is 0 Å².